The number of aryl methyl sites for hydroxylation is 1. The molecule has 1 heterocycles. The fourth-order valence-corrected chi connectivity index (χ4v) is 3.01. The minimum Gasteiger partial charge on any atom is -0.360 e. The zero-order valence-electron chi connectivity index (χ0n) is 16.8. The summed E-state index contributed by atoms with van der Waals surface area (Å²) in [4.78, 5) is 19.7. The molecule has 0 fully saturated rings. The zero-order chi connectivity index (χ0) is 20.8. The van der Waals surface area contributed by atoms with E-state index < -0.39 is 0 Å². The molecule has 7 heteroatoms. The molecule has 6 nitrogen and oxygen atoms in total. The van der Waals surface area contributed by atoms with Crippen LogP contribution in [0.4, 0.5) is 0 Å². The van der Waals surface area contributed by atoms with Gasteiger partial charge in [-0.15, -0.1) is 0 Å². The third-order valence-corrected chi connectivity index (χ3v) is 4.69. The second kappa shape index (κ2) is 9.45. The average molecular weight is 408 g/mol. The lowest BCUT2D eigenvalue weighted by Gasteiger charge is -2.15. The van der Waals surface area contributed by atoms with Crippen LogP contribution in [0.25, 0.3) is 22.2 Å². The largest absolute Gasteiger partial charge is 0.360 e. The maximum atomic E-state index is 12.9. The number of hydrazine groups is 1. The first-order valence-electron chi connectivity index (χ1n) is 9.40. The number of pyridine rings is 1. The molecule has 150 valence electrons. The summed E-state index contributed by atoms with van der Waals surface area (Å²) in [5.74, 6) is -0.270. The molecule has 0 bridgehead atoms. The number of para-hydroxylation sites is 1. The summed E-state index contributed by atoms with van der Waals surface area (Å²) in [6.07, 6.45) is 0. The van der Waals surface area contributed by atoms with Gasteiger partial charge in [0.15, 0.2) is 5.11 Å². The van der Waals surface area contributed by atoms with Crippen LogP contribution in [0.2, 0.25) is 0 Å². The molecule has 0 spiro atoms. The molecule has 0 saturated carbocycles. The van der Waals surface area contributed by atoms with Crippen molar-refractivity contribution in [3.05, 3.63) is 65.7 Å². The number of rotatable bonds is 5. The summed E-state index contributed by atoms with van der Waals surface area (Å²) in [6, 6.07) is 17.5. The van der Waals surface area contributed by atoms with Gasteiger partial charge in [0.1, 0.15) is 0 Å². The number of amides is 1. The van der Waals surface area contributed by atoms with E-state index >= 15 is 0 Å². The van der Waals surface area contributed by atoms with Gasteiger partial charge in [0, 0.05) is 24.0 Å². The van der Waals surface area contributed by atoms with Gasteiger partial charge in [0.25, 0.3) is 5.91 Å². The molecule has 1 aromatic heterocycles. The molecule has 3 rings (SSSR count). The number of fused-ring (bicyclic) bond motifs is 1. The molecule has 0 unspecified atom stereocenters. The minimum atomic E-state index is -0.270. The molecule has 0 atom stereocenters. The molecule has 0 aliphatic carbocycles. The number of hydrogen-bond donors (Lipinski definition) is 3. The van der Waals surface area contributed by atoms with Crippen LogP contribution in [0.5, 0.6) is 0 Å². The summed E-state index contributed by atoms with van der Waals surface area (Å²) in [7, 11) is 3.97. The lowest BCUT2D eigenvalue weighted by molar-refractivity contribution is 0.0945. The third kappa shape index (κ3) is 5.49. The Bertz CT molecular complexity index is 1020. The van der Waals surface area contributed by atoms with Gasteiger partial charge in [-0.1, -0.05) is 48.0 Å². The molecular formula is C22H25N5OS. The number of carbonyl (C=O) groups is 1. The van der Waals surface area contributed by atoms with Crippen LogP contribution >= 0.6 is 12.2 Å². The van der Waals surface area contributed by atoms with E-state index in [1.807, 2.05) is 80.5 Å². The van der Waals surface area contributed by atoms with Gasteiger partial charge >= 0.3 is 0 Å². The first-order chi connectivity index (χ1) is 13.9. The maximum Gasteiger partial charge on any atom is 0.270 e. The first-order valence-corrected chi connectivity index (χ1v) is 9.80. The quantitative estimate of drug-likeness (QED) is 0.446. The summed E-state index contributed by atoms with van der Waals surface area (Å²) in [5, 5.41) is 4.21. The van der Waals surface area contributed by atoms with Crippen LogP contribution in [0.15, 0.2) is 54.6 Å². The Morgan fingerprint density at radius 2 is 1.79 bits per heavy atom. The number of likely N-dealkylation sites (N-methyl/N-ethyl adjacent to an activating group) is 1. The predicted molar refractivity (Wildman–Crippen MR) is 122 cm³/mol. The molecular weight excluding hydrogens is 382 g/mol. The molecule has 0 saturated heterocycles. The Hall–Kier alpha value is -3.03. The normalized spacial score (nSPS) is 10.8. The summed E-state index contributed by atoms with van der Waals surface area (Å²) in [5.41, 5.74) is 9.64. The molecule has 0 aliphatic heterocycles. The van der Waals surface area contributed by atoms with Gasteiger partial charge in [-0.2, -0.15) is 0 Å². The average Bonchev–Trinajstić information content (AvgIpc) is 2.71. The Kier molecular flexibility index (Phi) is 6.74. The van der Waals surface area contributed by atoms with Crippen molar-refractivity contribution in [3.63, 3.8) is 0 Å². The van der Waals surface area contributed by atoms with Gasteiger partial charge in [-0.3, -0.25) is 15.6 Å². The highest BCUT2D eigenvalue weighted by Crippen LogP contribution is 2.25. The van der Waals surface area contributed by atoms with E-state index in [-0.39, 0.29) is 5.91 Å². The molecule has 29 heavy (non-hydrogen) atoms. The van der Waals surface area contributed by atoms with E-state index in [4.69, 9.17) is 17.2 Å². The van der Waals surface area contributed by atoms with Gasteiger partial charge in [-0.05, 0) is 45.4 Å². The number of hydrogen-bond acceptors (Lipinski definition) is 4. The summed E-state index contributed by atoms with van der Waals surface area (Å²) in [6.45, 7) is 3.56. The molecule has 3 aromatic rings. The van der Waals surface area contributed by atoms with Gasteiger partial charge in [-0.25, -0.2) is 4.98 Å². The second-order valence-corrected chi connectivity index (χ2v) is 7.48. The SMILES string of the molecule is Cc1ccc(-c2cc(C(=O)NNC(=S)NCCN(C)C)c3ccccc3n2)cc1. The number of nitrogens with one attached hydrogen (secondary N) is 3. The Morgan fingerprint density at radius 3 is 2.52 bits per heavy atom. The Morgan fingerprint density at radius 1 is 1.07 bits per heavy atom. The predicted octanol–water partition coefficient (Wildman–Crippen LogP) is 2.88. The molecule has 0 radical (unpaired) electrons. The van der Waals surface area contributed by atoms with Crippen molar-refractivity contribution < 1.29 is 4.79 Å². The number of nitrogens with zero attached hydrogens (tertiary/aromatic N) is 2. The van der Waals surface area contributed by atoms with E-state index in [1.165, 1.54) is 5.56 Å². The number of thiocarbonyl (C=S) groups is 1. The van der Waals surface area contributed by atoms with Crippen LogP contribution in [0.1, 0.15) is 15.9 Å². The highest BCUT2D eigenvalue weighted by molar-refractivity contribution is 7.80. The van der Waals surface area contributed by atoms with E-state index in [2.05, 4.69) is 16.2 Å². The van der Waals surface area contributed by atoms with Crippen LogP contribution < -0.4 is 16.2 Å². The third-order valence-electron chi connectivity index (χ3n) is 4.44. The van der Waals surface area contributed by atoms with E-state index in [0.717, 1.165) is 28.7 Å². The fraction of sp³-hybridized carbons (Fsp3) is 0.227. The van der Waals surface area contributed by atoms with E-state index in [0.29, 0.717) is 17.2 Å². The Balaban J connectivity index is 1.81. The minimum absolute atomic E-state index is 0.270. The van der Waals surface area contributed by atoms with Crippen molar-refractivity contribution >= 4 is 34.1 Å². The summed E-state index contributed by atoms with van der Waals surface area (Å²) < 4.78 is 0. The van der Waals surface area contributed by atoms with Gasteiger partial charge < -0.3 is 10.2 Å². The highest BCUT2D eigenvalue weighted by atomic mass is 32.1. The molecule has 2 aromatic carbocycles. The smallest absolute Gasteiger partial charge is 0.270 e. The van der Waals surface area contributed by atoms with Crippen LogP contribution in [0.3, 0.4) is 0 Å². The van der Waals surface area contributed by atoms with Crippen molar-refractivity contribution in [1.29, 1.82) is 0 Å². The Labute approximate surface area is 176 Å². The molecule has 3 N–H and O–H groups in total. The standard InChI is InChI=1S/C22H25N5OS/c1-15-8-10-16(11-9-15)20-14-18(17-6-4-5-7-19(17)24-20)21(28)25-26-22(29)23-12-13-27(2)3/h4-11,14H,12-13H2,1-3H3,(H,25,28)(H2,23,26,29). The van der Waals surface area contributed by atoms with E-state index in [9.17, 15) is 4.79 Å². The lowest BCUT2D eigenvalue weighted by Crippen LogP contribution is -2.48. The van der Waals surface area contributed by atoms with E-state index in [1.54, 1.807) is 0 Å². The second-order valence-electron chi connectivity index (χ2n) is 7.08. The fourth-order valence-electron chi connectivity index (χ4n) is 2.85. The molecule has 1 amide bonds. The number of benzene rings is 2. The lowest BCUT2D eigenvalue weighted by atomic mass is 10.0. The zero-order valence-corrected chi connectivity index (χ0v) is 17.6. The van der Waals surface area contributed by atoms with Crippen molar-refractivity contribution in [1.82, 2.24) is 26.1 Å². The van der Waals surface area contributed by atoms with Crippen LogP contribution in [-0.2, 0) is 0 Å². The van der Waals surface area contributed by atoms with Gasteiger partial charge in [0.05, 0.1) is 16.8 Å². The van der Waals surface area contributed by atoms with Crippen molar-refractivity contribution in [2.45, 2.75) is 6.92 Å². The van der Waals surface area contributed by atoms with Crippen molar-refractivity contribution in [2.75, 3.05) is 27.2 Å². The number of aromatic nitrogens is 1. The summed E-state index contributed by atoms with van der Waals surface area (Å²) >= 11 is 5.22. The first kappa shape index (κ1) is 20.7. The topological polar surface area (TPSA) is 69.3 Å². The molecule has 0 aliphatic rings. The van der Waals surface area contributed by atoms with Crippen molar-refractivity contribution in [3.8, 4) is 11.3 Å². The monoisotopic (exact) mass is 407 g/mol. The van der Waals surface area contributed by atoms with Gasteiger partial charge in [0.2, 0.25) is 0 Å². The van der Waals surface area contributed by atoms with Crippen LogP contribution in [0, 0.1) is 6.92 Å². The maximum absolute atomic E-state index is 12.9. The highest BCUT2D eigenvalue weighted by Gasteiger charge is 2.14. The van der Waals surface area contributed by atoms with Crippen LogP contribution in [-0.4, -0.2) is 48.1 Å². The number of carbonyl (C=O) groups excluding carboxylic acids is 1. The van der Waals surface area contributed by atoms with Crippen molar-refractivity contribution in [2.24, 2.45) is 0 Å².